The molecule has 0 fully saturated rings. The number of hydrogen-bond donors (Lipinski definition) is 3. The Morgan fingerprint density at radius 2 is 1.77 bits per heavy atom. The minimum atomic E-state index is -5.08. The molecule has 1 rings (SSSR count). The molecule has 0 radical (unpaired) electrons. The summed E-state index contributed by atoms with van der Waals surface area (Å²) in [7, 11) is 0. The van der Waals surface area contributed by atoms with Crippen LogP contribution >= 0.6 is 15.9 Å². The van der Waals surface area contributed by atoms with Gasteiger partial charge >= 0.3 is 24.1 Å². The molecule has 146 valence electrons. The fourth-order valence-corrected chi connectivity index (χ4v) is 1.79. The zero-order chi connectivity index (χ0) is 20.5. The number of carboxylic acids is 2. The van der Waals surface area contributed by atoms with Crippen molar-refractivity contribution in [2.75, 3.05) is 18.9 Å². The van der Waals surface area contributed by atoms with Crippen LogP contribution in [0.3, 0.4) is 0 Å². The third kappa shape index (κ3) is 8.55. The summed E-state index contributed by atoms with van der Waals surface area (Å²) in [5, 5.41) is 15.6. The lowest BCUT2D eigenvalue weighted by Gasteiger charge is -2.11. The number of nitrogens with two attached hydrogens (primary N) is 1. The first-order valence-corrected chi connectivity index (χ1v) is 7.60. The number of carbonyl (C=O) groups excluding carboxylic acids is 1. The Hall–Kier alpha value is -2.50. The Morgan fingerprint density at radius 3 is 2.19 bits per heavy atom. The number of carboxylic acid groups (broad SMARTS) is 2. The van der Waals surface area contributed by atoms with Gasteiger partial charge < -0.3 is 25.4 Å². The van der Waals surface area contributed by atoms with Crippen LogP contribution in [0.5, 0.6) is 5.75 Å². The van der Waals surface area contributed by atoms with Gasteiger partial charge in [-0.25, -0.2) is 9.59 Å². The maximum absolute atomic E-state index is 11.6. The Kier molecular flexibility index (Phi) is 9.47. The van der Waals surface area contributed by atoms with Crippen molar-refractivity contribution in [2.24, 2.45) is 0 Å². The van der Waals surface area contributed by atoms with Gasteiger partial charge in [-0.05, 0) is 35.0 Å². The van der Waals surface area contributed by atoms with Gasteiger partial charge in [0.15, 0.2) is 0 Å². The van der Waals surface area contributed by atoms with Crippen molar-refractivity contribution < 1.29 is 47.2 Å². The molecule has 1 aromatic rings. The van der Waals surface area contributed by atoms with Crippen molar-refractivity contribution >= 4 is 39.5 Å². The van der Waals surface area contributed by atoms with E-state index in [4.69, 9.17) is 30.2 Å². The van der Waals surface area contributed by atoms with Gasteiger partial charge in [0.1, 0.15) is 5.75 Å². The Balaban J connectivity index is 0.000000758. The first-order valence-electron chi connectivity index (χ1n) is 6.81. The molecule has 0 aromatic heterocycles. The fraction of sp³-hybridized carbons (Fsp3) is 0.357. The van der Waals surface area contributed by atoms with Gasteiger partial charge in [0.2, 0.25) is 0 Å². The van der Waals surface area contributed by atoms with Gasteiger partial charge in [0.25, 0.3) is 0 Å². The van der Waals surface area contributed by atoms with E-state index in [0.717, 1.165) is 0 Å². The molecule has 4 N–H and O–H groups in total. The van der Waals surface area contributed by atoms with Crippen LogP contribution in [-0.2, 0) is 14.3 Å². The zero-order valence-corrected chi connectivity index (χ0v) is 14.9. The molecular weight excluding hydrogens is 431 g/mol. The molecule has 12 heteroatoms. The third-order valence-corrected chi connectivity index (χ3v) is 3.07. The first kappa shape index (κ1) is 23.5. The second-order valence-electron chi connectivity index (χ2n) is 4.39. The fourth-order valence-electron chi connectivity index (χ4n) is 1.31. The second kappa shape index (κ2) is 10.5. The number of rotatable bonds is 6. The number of esters is 1. The maximum Gasteiger partial charge on any atom is 0.490 e. The van der Waals surface area contributed by atoms with E-state index in [1.165, 1.54) is 12.1 Å². The molecule has 0 unspecified atom stereocenters. The predicted octanol–water partition coefficient (Wildman–Crippen LogP) is 2.69. The molecule has 0 saturated carbocycles. The number of nitrogen functional groups attached to an aromatic ring is 1. The predicted molar refractivity (Wildman–Crippen MR) is 85.9 cm³/mol. The number of aliphatic carboxylic acids is 2. The molecule has 0 heterocycles. The van der Waals surface area contributed by atoms with Crippen LogP contribution in [0.25, 0.3) is 0 Å². The summed E-state index contributed by atoms with van der Waals surface area (Å²) in [6, 6.07) is 2.95. The topological polar surface area (TPSA) is 136 Å². The van der Waals surface area contributed by atoms with E-state index in [-0.39, 0.29) is 25.3 Å². The standard InChI is InChI=1S/C12H14BrNO5.C2HF3O2/c1-2-18-12(17)7-5-9(14)10(6-8(7)13)19-4-3-11(15)16;3-2(4,5)1(6)7/h5-6H,2-4,14H2,1H3,(H,15,16);(H,6,7). The van der Waals surface area contributed by atoms with Gasteiger partial charge in [-0.3, -0.25) is 4.79 Å². The molecule has 0 amide bonds. The SMILES string of the molecule is CCOC(=O)c1cc(N)c(OCCC(=O)O)cc1Br.O=C(O)C(F)(F)F. The lowest BCUT2D eigenvalue weighted by molar-refractivity contribution is -0.192. The number of anilines is 1. The number of halogens is 4. The summed E-state index contributed by atoms with van der Waals surface area (Å²) < 4.78 is 42.3. The summed E-state index contributed by atoms with van der Waals surface area (Å²) in [5.41, 5.74) is 6.28. The molecule has 1 aromatic carbocycles. The van der Waals surface area contributed by atoms with E-state index < -0.39 is 24.1 Å². The van der Waals surface area contributed by atoms with Crippen LogP contribution in [0.15, 0.2) is 16.6 Å². The van der Waals surface area contributed by atoms with Crippen molar-refractivity contribution in [3.8, 4) is 5.75 Å². The van der Waals surface area contributed by atoms with Crippen LogP contribution < -0.4 is 10.5 Å². The van der Waals surface area contributed by atoms with Gasteiger partial charge in [0.05, 0.1) is 30.9 Å². The highest BCUT2D eigenvalue weighted by atomic mass is 79.9. The van der Waals surface area contributed by atoms with Gasteiger partial charge in [-0.1, -0.05) is 0 Å². The largest absolute Gasteiger partial charge is 0.491 e. The Bertz CT molecular complexity index is 665. The van der Waals surface area contributed by atoms with Crippen LogP contribution in [0.2, 0.25) is 0 Å². The zero-order valence-electron chi connectivity index (χ0n) is 13.3. The van der Waals surface area contributed by atoms with E-state index in [2.05, 4.69) is 15.9 Å². The molecule has 0 saturated heterocycles. The number of ether oxygens (including phenoxy) is 2. The van der Waals surface area contributed by atoms with Crippen molar-refractivity contribution in [3.05, 3.63) is 22.2 Å². The van der Waals surface area contributed by atoms with Crippen LogP contribution in [0.4, 0.5) is 18.9 Å². The normalized spacial score (nSPS) is 10.3. The number of benzene rings is 1. The summed E-state index contributed by atoms with van der Waals surface area (Å²) in [4.78, 5) is 30.9. The van der Waals surface area contributed by atoms with E-state index >= 15 is 0 Å². The maximum atomic E-state index is 11.6. The number of alkyl halides is 3. The molecule has 0 bridgehead atoms. The number of hydrogen-bond acceptors (Lipinski definition) is 6. The molecule has 8 nitrogen and oxygen atoms in total. The highest BCUT2D eigenvalue weighted by Crippen LogP contribution is 2.30. The molecular formula is C14H15BrF3NO7. The molecule has 0 spiro atoms. The van der Waals surface area contributed by atoms with Crippen molar-refractivity contribution in [1.29, 1.82) is 0 Å². The second-order valence-corrected chi connectivity index (χ2v) is 5.24. The monoisotopic (exact) mass is 445 g/mol. The Morgan fingerprint density at radius 1 is 1.23 bits per heavy atom. The molecule has 0 aliphatic carbocycles. The minimum Gasteiger partial charge on any atom is -0.491 e. The highest BCUT2D eigenvalue weighted by molar-refractivity contribution is 9.10. The van der Waals surface area contributed by atoms with E-state index in [9.17, 15) is 22.8 Å². The third-order valence-electron chi connectivity index (χ3n) is 2.41. The van der Waals surface area contributed by atoms with Crippen LogP contribution in [-0.4, -0.2) is 47.5 Å². The highest BCUT2D eigenvalue weighted by Gasteiger charge is 2.38. The summed E-state index contributed by atoms with van der Waals surface area (Å²) in [6.45, 7) is 1.98. The number of carbonyl (C=O) groups is 3. The molecule has 26 heavy (non-hydrogen) atoms. The van der Waals surface area contributed by atoms with E-state index in [1.807, 2.05) is 0 Å². The molecule has 0 atom stereocenters. The van der Waals surface area contributed by atoms with Gasteiger partial charge in [0, 0.05) is 4.47 Å². The lowest BCUT2D eigenvalue weighted by Crippen LogP contribution is -2.21. The van der Waals surface area contributed by atoms with Crippen LogP contribution in [0, 0.1) is 0 Å². The van der Waals surface area contributed by atoms with Crippen molar-refractivity contribution in [3.63, 3.8) is 0 Å². The first-order chi connectivity index (χ1) is 11.9. The van der Waals surface area contributed by atoms with Crippen molar-refractivity contribution in [1.82, 2.24) is 0 Å². The molecule has 0 aliphatic rings. The van der Waals surface area contributed by atoms with E-state index in [1.54, 1.807) is 6.92 Å². The lowest BCUT2D eigenvalue weighted by atomic mass is 10.2. The summed E-state index contributed by atoms with van der Waals surface area (Å²) in [6.07, 6.45) is -5.21. The van der Waals surface area contributed by atoms with Crippen molar-refractivity contribution in [2.45, 2.75) is 19.5 Å². The smallest absolute Gasteiger partial charge is 0.490 e. The average molecular weight is 446 g/mol. The summed E-state index contributed by atoms with van der Waals surface area (Å²) >= 11 is 3.22. The average Bonchev–Trinajstić information content (AvgIpc) is 2.49. The summed E-state index contributed by atoms with van der Waals surface area (Å²) in [5.74, 6) is -3.88. The minimum absolute atomic E-state index is 0.00469. The quantitative estimate of drug-likeness (QED) is 0.448. The van der Waals surface area contributed by atoms with E-state index in [0.29, 0.717) is 15.8 Å². The van der Waals surface area contributed by atoms with Gasteiger partial charge in [-0.2, -0.15) is 13.2 Å². The van der Waals surface area contributed by atoms with Gasteiger partial charge in [-0.15, -0.1) is 0 Å². The Labute approximate surface area is 153 Å². The molecule has 0 aliphatic heterocycles. The van der Waals surface area contributed by atoms with Crippen LogP contribution in [0.1, 0.15) is 23.7 Å².